The van der Waals surface area contributed by atoms with E-state index in [4.69, 9.17) is 16.3 Å². The number of fused-ring (bicyclic) bond motifs is 1. The van der Waals surface area contributed by atoms with Crippen LogP contribution in [0.5, 0.6) is 5.75 Å². The second kappa shape index (κ2) is 8.38. The van der Waals surface area contributed by atoms with Crippen molar-refractivity contribution in [1.82, 2.24) is 9.69 Å². The molecule has 0 amide bonds. The number of hydrogen-bond acceptors (Lipinski definition) is 4. The third-order valence-electron chi connectivity index (χ3n) is 5.00. The summed E-state index contributed by atoms with van der Waals surface area (Å²) in [7, 11) is 0. The van der Waals surface area contributed by atoms with E-state index in [0.29, 0.717) is 0 Å². The van der Waals surface area contributed by atoms with E-state index in [-0.39, 0.29) is 0 Å². The summed E-state index contributed by atoms with van der Waals surface area (Å²) in [6, 6.07) is 14.1. The van der Waals surface area contributed by atoms with Crippen LogP contribution in [0.25, 0.3) is 21.3 Å². The highest BCUT2D eigenvalue weighted by atomic mass is 35.5. The van der Waals surface area contributed by atoms with Crippen LogP contribution in [0.15, 0.2) is 42.5 Å². The van der Waals surface area contributed by atoms with E-state index in [1.165, 1.54) is 49.3 Å². The summed E-state index contributed by atoms with van der Waals surface area (Å²) >= 11 is 7.50. The smallest absolute Gasteiger partial charge is 0.120 e. The zero-order valence-corrected chi connectivity index (χ0v) is 16.3. The van der Waals surface area contributed by atoms with Crippen LogP contribution in [0.4, 0.5) is 0 Å². The molecule has 0 saturated carbocycles. The van der Waals surface area contributed by atoms with Crippen LogP contribution in [-0.4, -0.2) is 24.1 Å². The molecule has 1 aliphatic heterocycles. The van der Waals surface area contributed by atoms with Crippen molar-refractivity contribution in [3.8, 4) is 17.0 Å². The molecule has 5 heteroatoms. The monoisotopic (exact) mass is 386 g/mol. The van der Waals surface area contributed by atoms with Gasteiger partial charge in [0.2, 0.25) is 0 Å². The molecule has 0 aliphatic carbocycles. The lowest BCUT2D eigenvalue weighted by Crippen LogP contribution is -2.09. The van der Waals surface area contributed by atoms with Gasteiger partial charge < -0.3 is 10.1 Å². The molecule has 2 heterocycles. The van der Waals surface area contributed by atoms with Crippen molar-refractivity contribution < 1.29 is 4.74 Å². The van der Waals surface area contributed by atoms with Crippen molar-refractivity contribution in [3.05, 3.63) is 47.5 Å². The summed E-state index contributed by atoms with van der Waals surface area (Å²) in [4.78, 5) is 0. The summed E-state index contributed by atoms with van der Waals surface area (Å²) in [5, 5.41) is 5.34. The van der Waals surface area contributed by atoms with E-state index in [1.807, 2.05) is 24.3 Å². The van der Waals surface area contributed by atoms with Gasteiger partial charge in [-0.2, -0.15) is 4.37 Å². The molecular weight excluding hydrogens is 364 g/mol. The Morgan fingerprint density at radius 3 is 2.85 bits per heavy atom. The molecule has 0 radical (unpaired) electrons. The molecule has 4 rings (SSSR count). The van der Waals surface area contributed by atoms with E-state index in [2.05, 4.69) is 27.9 Å². The fourth-order valence-electron chi connectivity index (χ4n) is 3.51. The average Bonchev–Trinajstić information content (AvgIpc) is 3.31. The number of benzene rings is 2. The second-order valence-corrected chi connectivity index (χ2v) is 8.14. The summed E-state index contributed by atoms with van der Waals surface area (Å²) in [5.74, 6) is 1.81. The molecule has 2 aromatic carbocycles. The van der Waals surface area contributed by atoms with Gasteiger partial charge in [-0.3, -0.25) is 0 Å². The summed E-state index contributed by atoms with van der Waals surface area (Å²) in [6.07, 6.45) is 5.01. The van der Waals surface area contributed by atoms with E-state index >= 15 is 0 Å². The van der Waals surface area contributed by atoms with E-state index < -0.39 is 0 Å². The molecule has 0 bridgehead atoms. The maximum atomic E-state index is 5.98. The SMILES string of the molecule is Clc1ccc(-c2nsc3cc(OCCCCC4CCNC4)ccc23)cc1. The Bertz CT molecular complexity index is 856. The molecule has 1 atom stereocenters. The number of aromatic nitrogens is 1. The number of halogens is 1. The molecule has 1 aliphatic rings. The molecule has 136 valence electrons. The lowest BCUT2D eigenvalue weighted by molar-refractivity contribution is 0.300. The number of nitrogens with zero attached hydrogens (tertiary/aromatic N) is 1. The highest BCUT2D eigenvalue weighted by Gasteiger charge is 2.13. The molecule has 1 saturated heterocycles. The largest absolute Gasteiger partial charge is 0.494 e. The zero-order chi connectivity index (χ0) is 17.8. The average molecular weight is 387 g/mol. The Labute approximate surface area is 163 Å². The topological polar surface area (TPSA) is 34.1 Å². The van der Waals surface area contributed by atoms with Crippen molar-refractivity contribution >= 4 is 33.2 Å². The summed E-state index contributed by atoms with van der Waals surface area (Å²) < 4.78 is 11.7. The highest BCUT2D eigenvalue weighted by molar-refractivity contribution is 7.13. The van der Waals surface area contributed by atoms with Gasteiger partial charge in [0.1, 0.15) is 5.75 Å². The number of rotatable bonds is 7. The van der Waals surface area contributed by atoms with Gasteiger partial charge in [-0.1, -0.05) is 23.7 Å². The van der Waals surface area contributed by atoms with E-state index in [1.54, 1.807) is 0 Å². The maximum absolute atomic E-state index is 5.98. The predicted octanol–water partition coefficient (Wildman–Crippen LogP) is 5.78. The fourth-order valence-corrected chi connectivity index (χ4v) is 4.46. The molecule has 3 nitrogen and oxygen atoms in total. The minimum atomic E-state index is 0.744. The maximum Gasteiger partial charge on any atom is 0.120 e. The third-order valence-corrected chi connectivity index (χ3v) is 6.06. The molecule has 26 heavy (non-hydrogen) atoms. The minimum Gasteiger partial charge on any atom is -0.494 e. The van der Waals surface area contributed by atoms with Gasteiger partial charge >= 0.3 is 0 Å². The van der Waals surface area contributed by atoms with Crippen molar-refractivity contribution in [2.75, 3.05) is 19.7 Å². The van der Waals surface area contributed by atoms with Crippen LogP contribution >= 0.6 is 23.1 Å². The first-order chi connectivity index (χ1) is 12.8. The Balaban J connectivity index is 1.35. The normalized spacial score (nSPS) is 17.0. The Morgan fingerprint density at radius 2 is 2.04 bits per heavy atom. The predicted molar refractivity (Wildman–Crippen MR) is 110 cm³/mol. The molecule has 1 unspecified atom stereocenters. The van der Waals surface area contributed by atoms with Gasteiger partial charge in [-0.05, 0) is 86.6 Å². The van der Waals surface area contributed by atoms with Crippen LogP contribution in [0, 0.1) is 5.92 Å². The van der Waals surface area contributed by atoms with Crippen LogP contribution in [0.2, 0.25) is 5.02 Å². The molecular formula is C21H23ClN2OS. The minimum absolute atomic E-state index is 0.744. The number of hydrogen-bond donors (Lipinski definition) is 1. The van der Waals surface area contributed by atoms with E-state index in [9.17, 15) is 0 Å². The summed E-state index contributed by atoms with van der Waals surface area (Å²) in [5.41, 5.74) is 2.11. The quantitative estimate of drug-likeness (QED) is 0.523. The van der Waals surface area contributed by atoms with Gasteiger partial charge in [-0.25, -0.2) is 0 Å². The van der Waals surface area contributed by atoms with Gasteiger partial charge in [0.05, 0.1) is 17.0 Å². The third kappa shape index (κ3) is 4.20. The molecule has 3 aromatic rings. The number of ether oxygens (including phenoxy) is 1. The van der Waals surface area contributed by atoms with Crippen molar-refractivity contribution in [3.63, 3.8) is 0 Å². The fraction of sp³-hybridized carbons (Fsp3) is 0.381. The second-order valence-electron chi connectivity index (χ2n) is 6.90. The Hall–Kier alpha value is -1.62. The standard InChI is InChI=1S/C21H23ClN2OS/c22-17-6-4-16(5-7-17)21-19-9-8-18(13-20(19)26-24-21)25-12-2-1-3-15-10-11-23-14-15/h4-9,13,15,23H,1-3,10-12,14H2. The van der Waals surface area contributed by atoms with Gasteiger partial charge in [0.15, 0.2) is 0 Å². The lowest BCUT2D eigenvalue weighted by Gasteiger charge is -2.09. The highest BCUT2D eigenvalue weighted by Crippen LogP contribution is 2.33. The lowest BCUT2D eigenvalue weighted by atomic mass is 10.0. The number of unbranched alkanes of at least 4 members (excludes halogenated alkanes) is 1. The summed E-state index contributed by atoms with van der Waals surface area (Å²) in [6.45, 7) is 3.17. The Morgan fingerprint density at radius 1 is 1.15 bits per heavy atom. The number of nitrogens with one attached hydrogen (secondary N) is 1. The van der Waals surface area contributed by atoms with Gasteiger partial charge in [0.25, 0.3) is 0 Å². The zero-order valence-electron chi connectivity index (χ0n) is 14.7. The van der Waals surface area contributed by atoms with Crippen molar-refractivity contribution in [2.24, 2.45) is 5.92 Å². The van der Waals surface area contributed by atoms with E-state index in [0.717, 1.165) is 45.7 Å². The van der Waals surface area contributed by atoms with Crippen LogP contribution < -0.4 is 10.1 Å². The molecule has 1 aromatic heterocycles. The first-order valence-electron chi connectivity index (χ1n) is 9.28. The van der Waals surface area contributed by atoms with Gasteiger partial charge in [-0.15, -0.1) is 0 Å². The van der Waals surface area contributed by atoms with Crippen LogP contribution in [0.3, 0.4) is 0 Å². The van der Waals surface area contributed by atoms with Crippen molar-refractivity contribution in [2.45, 2.75) is 25.7 Å². The molecule has 0 spiro atoms. The van der Waals surface area contributed by atoms with Gasteiger partial charge in [0, 0.05) is 16.0 Å². The van der Waals surface area contributed by atoms with Crippen LogP contribution in [-0.2, 0) is 0 Å². The first-order valence-corrected chi connectivity index (χ1v) is 10.4. The molecule has 1 fully saturated rings. The first kappa shape index (κ1) is 17.8. The Kier molecular flexibility index (Phi) is 5.73. The molecule has 1 N–H and O–H groups in total. The van der Waals surface area contributed by atoms with Crippen LogP contribution in [0.1, 0.15) is 25.7 Å². The van der Waals surface area contributed by atoms with Crippen molar-refractivity contribution in [1.29, 1.82) is 0 Å².